The zero-order chi connectivity index (χ0) is 20.3. The van der Waals surface area contributed by atoms with Crippen LogP contribution in [0.1, 0.15) is 49.9 Å². The van der Waals surface area contributed by atoms with E-state index in [1.54, 1.807) is 30.1 Å². The van der Waals surface area contributed by atoms with Crippen LogP contribution in [0.4, 0.5) is 0 Å². The Hall–Kier alpha value is -2.19. The normalized spacial score (nSPS) is 20.9. The Morgan fingerprint density at radius 2 is 1.89 bits per heavy atom. The lowest BCUT2D eigenvalue weighted by molar-refractivity contribution is -0.154. The van der Waals surface area contributed by atoms with Gasteiger partial charge in [-0.15, -0.1) is 0 Å². The van der Waals surface area contributed by atoms with Crippen LogP contribution in [0.5, 0.6) is 0 Å². The molecule has 1 heterocycles. The highest BCUT2D eigenvalue weighted by atomic mass is 35.5. The molecule has 9 heteroatoms. The number of aromatic nitrogens is 2. The van der Waals surface area contributed by atoms with Gasteiger partial charge in [-0.2, -0.15) is 0 Å². The van der Waals surface area contributed by atoms with Gasteiger partial charge in [-0.05, 0) is 71.9 Å². The van der Waals surface area contributed by atoms with Gasteiger partial charge < -0.3 is 9.64 Å². The lowest BCUT2D eigenvalue weighted by atomic mass is 9.91. The minimum atomic E-state index is -0.524. The number of nitrogens with one attached hydrogen (secondary N) is 1. The third-order valence-corrected chi connectivity index (χ3v) is 5.57. The molecular formula is C19H25ClN4O4. The van der Waals surface area contributed by atoms with E-state index >= 15 is 0 Å². The summed E-state index contributed by atoms with van der Waals surface area (Å²) in [6.07, 6.45) is 2.83. The Labute approximate surface area is 168 Å². The van der Waals surface area contributed by atoms with Crippen molar-refractivity contribution in [2.45, 2.75) is 57.7 Å². The maximum atomic E-state index is 12.8. The summed E-state index contributed by atoms with van der Waals surface area (Å²) in [5.41, 5.74) is 1.72. The molecule has 0 spiro atoms. The summed E-state index contributed by atoms with van der Waals surface area (Å²) in [7, 11) is 1.80. The molecule has 1 aromatic heterocycles. The van der Waals surface area contributed by atoms with Crippen molar-refractivity contribution in [3.8, 4) is 0 Å². The number of halogens is 1. The Kier molecular flexibility index (Phi) is 6.51. The predicted octanol–water partition coefficient (Wildman–Crippen LogP) is 2.92. The van der Waals surface area contributed by atoms with Gasteiger partial charge >= 0.3 is 5.97 Å². The van der Waals surface area contributed by atoms with E-state index in [1.807, 2.05) is 13.8 Å². The van der Waals surface area contributed by atoms with E-state index < -0.39 is 6.04 Å². The first-order valence-electron chi connectivity index (χ1n) is 9.46. The molecule has 0 saturated heterocycles. The molecular weight excluding hydrogens is 384 g/mol. The molecule has 0 unspecified atom stereocenters. The number of nitrogens with zero attached hydrogens (tertiary/aromatic N) is 3. The second kappa shape index (κ2) is 8.87. The van der Waals surface area contributed by atoms with Gasteiger partial charge in [-0.1, -0.05) is 13.8 Å². The van der Waals surface area contributed by atoms with Gasteiger partial charge in [0.25, 0.3) is 5.91 Å². The van der Waals surface area contributed by atoms with E-state index in [0.29, 0.717) is 29.4 Å². The molecule has 1 amide bonds. The van der Waals surface area contributed by atoms with Crippen molar-refractivity contribution < 1.29 is 19.0 Å². The second-order valence-corrected chi connectivity index (χ2v) is 7.80. The van der Waals surface area contributed by atoms with Gasteiger partial charge in [-0.3, -0.25) is 9.59 Å². The Bertz CT molecular complexity index is 832. The Morgan fingerprint density at radius 3 is 2.54 bits per heavy atom. The van der Waals surface area contributed by atoms with Gasteiger partial charge in [0.1, 0.15) is 23.2 Å². The monoisotopic (exact) mass is 408 g/mol. The highest BCUT2D eigenvalue weighted by molar-refractivity contribution is 6.14. The third-order valence-electron chi connectivity index (χ3n) is 5.33. The predicted molar refractivity (Wildman–Crippen MR) is 104 cm³/mol. The summed E-state index contributed by atoms with van der Waals surface area (Å²) in [5.74, 6) is -0.355. The van der Waals surface area contributed by atoms with E-state index in [4.69, 9.17) is 16.5 Å². The van der Waals surface area contributed by atoms with Crippen molar-refractivity contribution in [3.05, 3.63) is 23.8 Å². The van der Waals surface area contributed by atoms with Crippen LogP contribution in [0.15, 0.2) is 22.8 Å². The fourth-order valence-electron chi connectivity index (χ4n) is 3.52. The molecule has 8 nitrogen and oxygen atoms in total. The molecule has 152 valence electrons. The molecule has 1 aromatic carbocycles. The molecule has 0 bridgehead atoms. The van der Waals surface area contributed by atoms with Gasteiger partial charge in [0, 0.05) is 18.7 Å². The average molecular weight is 409 g/mol. The quantitative estimate of drug-likeness (QED) is 0.579. The zero-order valence-electron chi connectivity index (χ0n) is 16.2. The minimum Gasteiger partial charge on any atom is -0.461 e. The summed E-state index contributed by atoms with van der Waals surface area (Å²) >= 11 is 5.65. The van der Waals surface area contributed by atoms with Crippen LogP contribution in [-0.2, 0) is 9.53 Å². The van der Waals surface area contributed by atoms with Crippen LogP contribution in [-0.4, -0.2) is 52.3 Å². The number of ether oxygens (including phenoxy) is 1. The first-order chi connectivity index (χ1) is 13.4. The lowest BCUT2D eigenvalue weighted by Gasteiger charge is -2.35. The van der Waals surface area contributed by atoms with Crippen molar-refractivity contribution in [2.24, 2.45) is 5.92 Å². The van der Waals surface area contributed by atoms with E-state index in [9.17, 15) is 9.59 Å². The highest BCUT2D eigenvalue weighted by Crippen LogP contribution is 2.26. The molecule has 1 N–H and O–H groups in total. The third kappa shape index (κ3) is 4.44. The molecule has 0 aliphatic heterocycles. The molecule has 1 aliphatic rings. The molecule has 0 radical (unpaired) electrons. The van der Waals surface area contributed by atoms with E-state index in [0.717, 1.165) is 12.8 Å². The number of hydrogen-bond donors (Lipinski definition) is 1. The van der Waals surface area contributed by atoms with Crippen molar-refractivity contribution >= 4 is 34.7 Å². The van der Waals surface area contributed by atoms with Crippen molar-refractivity contribution in [1.29, 1.82) is 0 Å². The first kappa shape index (κ1) is 20.5. The maximum absolute atomic E-state index is 12.8. The van der Waals surface area contributed by atoms with Crippen LogP contribution >= 0.6 is 11.8 Å². The molecule has 1 atom stereocenters. The van der Waals surface area contributed by atoms with Crippen LogP contribution in [0, 0.1) is 5.92 Å². The number of benzene rings is 1. The number of fused-ring (bicyclic) bond motifs is 1. The van der Waals surface area contributed by atoms with Crippen LogP contribution in [0.25, 0.3) is 11.0 Å². The second-order valence-electron chi connectivity index (χ2n) is 7.58. The number of carbonyl (C=O) groups is 2. The summed E-state index contributed by atoms with van der Waals surface area (Å²) in [6.45, 7) is 3.82. The maximum Gasteiger partial charge on any atom is 0.324 e. The Morgan fingerprint density at radius 1 is 1.21 bits per heavy atom. The topological polar surface area (TPSA) is 97.6 Å². The molecule has 2 aromatic rings. The number of carbonyl (C=O) groups excluding carboxylic acids is 2. The lowest BCUT2D eigenvalue weighted by Crippen LogP contribution is -2.43. The molecule has 28 heavy (non-hydrogen) atoms. The number of esters is 1. The van der Waals surface area contributed by atoms with Crippen LogP contribution in [0.2, 0.25) is 0 Å². The molecule has 3 rings (SSSR count). The van der Waals surface area contributed by atoms with Gasteiger partial charge in [0.2, 0.25) is 0 Å². The summed E-state index contributed by atoms with van der Waals surface area (Å²) in [6, 6.07) is 4.71. The SMILES string of the molecule is CC(C)[C@H](NCl)C(=O)OC1CCC(N(C)C(=O)c2ccc3nonc3c2)CC1. The summed E-state index contributed by atoms with van der Waals surface area (Å²) in [5, 5.41) is 7.53. The van der Waals surface area contributed by atoms with Crippen LogP contribution in [0.3, 0.4) is 0 Å². The standard InChI is InChI=1S/C19H25ClN4O4/c1-11(2)17(21-20)19(26)27-14-7-5-13(6-8-14)24(3)18(25)12-4-9-15-16(10-12)23-28-22-15/h4,9-11,13-14,17,21H,5-8H2,1-3H3/t13?,14?,17-/m0/s1. The number of amides is 1. The first-order valence-corrected chi connectivity index (χ1v) is 9.84. The van der Waals surface area contributed by atoms with Gasteiger partial charge in [0.05, 0.1) is 0 Å². The molecule has 1 aliphatic carbocycles. The van der Waals surface area contributed by atoms with Crippen molar-refractivity contribution in [2.75, 3.05) is 7.05 Å². The summed E-state index contributed by atoms with van der Waals surface area (Å²) in [4.78, 5) is 29.3. The fraction of sp³-hybridized carbons (Fsp3) is 0.579. The average Bonchev–Trinajstić information content (AvgIpc) is 3.15. The highest BCUT2D eigenvalue weighted by Gasteiger charge is 2.31. The van der Waals surface area contributed by atoms with Crippen molar-refractivity contribution in [3.63, 3.8) is 0 Å². The van der Waals surface area contributed by atoms with Gasteiger partial charge in [0.15, 0.2) is 0 Å². The number of hydrogen-bond acceptors (Lipinski definition) is 7. The molecule has 1 saturated carbocycles. The zero-order valence-corrected chi connectivity index (χ0v) is 17.0. The molecule has 1 fully saturated rings. The summed E-state index contributed by atoms with van der Waals surface area (Å²) < 4.78 is 10.3. The minimum absolute atomic E-state index is 0.0438. The van der Waals surface area contributed by atoms with Crippen LogP contribution < -0.4 is 4.84 Å². The van der Waals surface area contributed by atoms with E-state index in [-0.39, 0.29) is 29.9 Å². The largest absolute Gasteiger partial charge is 0.461 e. The Balaban J connectivity index is 1.55. The number of rotatable bonds is 6. The van der Waals surface area contributed by atoms with E-state index in [1.165, 1.54) is 0 Å². The fourth-order valence-corrected chi connectivity index (χ4v) is 3.86. The van der Waals surface area contributed by atoms with E-state index in [2.05, 4.69) is 19.8 Å². The van der Waals surface area contributed by atoms with Gasteiger partial charge in [-0.25, -0.2) is 9.46 Å². The van der Waals surface area contributed by atoms with Crippen molar-refractivity contribution in [1.82, 2.24) is 20.0 Å². The smallest absolute Gasteiger partial charge is 0.324 e.